The monoisotopic (exact) mass is 248 g/mol. The number of carbonyl (C=O) groups is 1. The Bertz CT molecular complexity index is 426. The number of nitrogens with one attached hydrogen (secondary N) is 2. The minimum Gasteiger partial charge on any atom is -0.388 e. The average molecular weight is 248 g/mol. The second-order valence-corrected chi connectivity index (χ2v) is 4.65. The van der Waals surface area contributed by atoms with Crippen LogP contribution in [0.5, 0.6) is 0 Å². The fraction of sp³-hybridized carbons (Fsp3) is 0.500. The molecule has 2 N–H and O–H groups in total. The number of hydrogen-bond donors (Lipinski definition) is 2. The molecule has 1 aromatic rings. The van der Waals surface area contributed by atoms with Crippen LogP contribution in [0, 0.1) is 0 Å². The van der Waals surface area contributed by atoms with Gasteiger partial charge in [0, 0.05) is 38.7 Å². The van der Waals surface area contributed by atoms with Gasteiger partial charge in [-0.15, -0.1) is 0 Å². The van der Waals surface area contributed by atoms with Crippen molar-refractivity contribution in [3.8, 4) is 0 Å². The summed E-state index contributed by atoms with van der Waals surface area (Å²) in [4.78, 5) is 11.6. The van der Waals surface area contributed by atoms with Crippen molar-refractivity contribution in [2.75, 3.05) is 37.9 Å². The zero-order valence-corrected chi connectivity index (χ0v) is 11.0. The molecule has 1 saturated heterocycles. The second-order valence-electron chi connectivity index (χ2n) is 4.65. The molecule has 4 nitrogen and oxygen atoms in total. The topological polar surface area (TPSA) is 50.4 Å². The second kappa shape index (κ2) is 5.40. The number of carbonyl (C=O) groups excluding carboxylic acids is 1. The van der Waals surface area contributed by atoms with Crippen LogP contribution in [0.15, 0.2) is 18.2 Å². The first-order valence-electron chi connectivity index (χ1n) is 6.30. The molecule has 1 heterocycles. The fourth-order valence-electron chi connectivity index (χ4n) is 2.53. The Morgan fingerprint density at radius 1 is 1.22 bits per heavy atom. The highest BCUT2D eigenvalue weighted by atomic mass is 16.5. The molecule has 1 aromatic carbocycles. The first-order chi connectivity index (χ1) is 8.75. The molecule has 0 bridgehead atoms. The molecule has 0 radical (unpaired) electrons. The Morgan fingerprint density at radius 3 is 2.50 bits per heavy atom. The van der Waals surface area contributed by atoms with Crippen molar-refractivity contribution >= 4 is 17.7 Å². The molecule has 18 heavy (non-hydrogen) atoms. The maximum atomic E-state index is 11.6. The first kappa shape index (κ1) is 12.9. The van der Waals surface area contributed by atoms with Gasteiger partial charge >= 0.3 is 0 Å². The van der Waals surface area contributed by atoms with Crippen LogP contribution in [-0.2, 0) is 14.9 Å². The lowest BCUT2D eigenvalue weighted by Gasteiger charge is -2.34. The molecule has 0 saturated carbocycles. The van der Waals surface area contributed by atoms with E-state index in [-0.39, 0.29) is 0 Å². The number of rotatable bonds is 4. The molecule has 4 heteroatoms. The normalized spacial score (nSPS) is 18.1. The molecule has 1 aliphatic heterocycles. The molecule has 0 atom stereocenters. The lowest BCUT2D eigenvalue weighted by atomic mass is 9.74. The van der Waals surface area contributed by atoms with Gasteiger partial charge in [0.1, 0.15) is 6.29 Å². The van der Waals surface area contributed by atoms with E-state index in [9.17, 15) is 4.79 Å². The largest absolute Gasteiger partial charge is 0.388 e. The minimum absolute atomic E-state index is 0.400. The van der Waals surface area contributed by atoms with E-state index in [1.807, 2.05) is 32.3 Å². The van der Waals surface area contributed by atoms with E-state index >= 15 is 0 Å². The number of hydrogen-bond acceptors (Lipinski definition) is 4. The molecule has 1 fully saturated rings. The van der Waals surface area contributed by atoms with E-state index in [1.54, 1.807) is 0 Å². The third-order valence-corrected chi connectivity index (χ3v) is 3.72. The van der Waals surface area contributed by atoms with Crippen LogP contribution in [0.2, 0.25) is 0 Å². The van der Waals surface area contributed by atoms with Gasteiger partial charge in [-0.2, -0.15) is 0 Å². The molecule has 0 aromatic heterocycles. The van der Waals surface area contributed by atoms with Gasteiger partial charge in [0.05, 0.1) is 5.41 Å². The molecule has 0 aliphatic carbocycles. The third kappa shape index (κ3) is 2.20. The number of ether oxygens (including phenoxy) is 1. The predicted octanol–water partition coefficient (Wildman–Crippen LogP) is 2.02. The number of anilines is 2. The predicted molar refractivity (Wildman–Crippen MR) is 73.3 cm³/mol. The highest BCUT2D eigenvalue weighted by molar-refractivity contribution is 5.76. The summed E-state index contributed by atoms with van der Waals surface area (Å²) in [7, 11) is 3.77. The molecule has 0 spiro atoms. The van der Waals surface area contributed by atoms with Gasteiger partial charge in [0.2, 0.25) is 0 Å². The average Bonchev–Trinajstić information content (AvgIpc) is 2.47. The van der Waals surface area contributed by atoms with E-state index in [2.05, 4.69) is 10.6 Å². The van der Waals surface area contributed by atoms with E-state index in [0.29, 0.717) is 13.2 Å². The SMILES string of the molecule is CNc1ccc(C2(C=O)CCOCC2)c(NC)c1. The van der Waals surface area contributed by atoms with Crippen LogP contribution < -0.4 is 10.6 Å². The minimum atomic E-state index is -0.400. The van der Waals surface area contributed by atoms with Crippen molar-refractivity contribution in [1.82, 2.24) is 0 Å². The van der Waals surface area contributed by atoms with Gasteiger partial charge in [0.25, 0.3) is 0 Å². The van der Waals surface area contributed by atoms with Crippen molar-refractivity contribution in [3.05, 3.63) is 23.8 Å². The summed E-state index contributed by atoms with van der Waals surface area (Å²) in [6, 6.07) is 6.09. The summed E-state index contributed by atoms with van der Waals surface area (Å²) < 4.78 is 5.37. The molecule has 0 amide bonds. The van der Waals surface area contributed by atoms with Crippen LogP contribution in [0.1, 0.15) is 18.4 Å². The van der Waals surface area contributed by atoms with E-state index < -0.39 is 5.41 Å². The van der Waals surface area contributed by atoms with Crippen molar-refractivity contribution < 1.29 is 9.53 Å². The quantitative estimate of drug-likeness (QED) is 0.800. The van der Waals surface area contributed by atoms with E-state index in [4.69, 9.17) is 4.74 Å². The standard InChI is InChI=1S/C14H20N2O2/c1-15-11-3-4-12(13(9-11)16-2)14(10-17)5-7-18-8-6-14/h3-4,9-10,15-16H,5-8H2,1-2H3. The number of benzene rings is 1. The van der Waals surface area contributed by atoms with E-state index in [1.165, 1.54) is 0 Å². The highest BCUT2D eigenvalue weighted by Gasteiger charge is 2.36. The summed E-state index contributed by atoms with van der Waals surface area (Å²) >= 11 is 0. The number of aldehydes is 1. The van der Waals surface area contributed by atoms with Gasteiger partial charge in [-0.05, 0) is 30.5 Å². The van der Waals surface area contributed by atoms with Crippen LogP contribution in [0.3, 0.4) is 0 Å². The Kier molecular flexibility index (Phi) is 3.87. The maximum absolute atomic E-state index is 11.6. The Morgan fingerprint density at radius 2 is 1.94 bits per heavy atom. The van der Waals surface area contributed by atoms with Crippen molar-refractivity contribution in [3.63, 3.8) is 0 Å². The highest BCUT2D eigenvalue weighted by Crippen LogP contribution is 2.38. The summed E-state index contributed by atoms with van der Waals surface area (Å²) in [5.41, 5.74) is 2.72. The van der Waals surface area contributed by atoms with Crippen LogP contribution in [-0.4, -0.2) is 33.6 Å². The summed E-state index contributed by atoms with van der Waals surface area (Å²) in [5.74, 6) is 0. The molecule has 1 aliphatic rings. The maximum Gasteiger partial charge on any atom is 0.130 e. The molecular formula is C14H20N2O2. The molecule has 0 unspecified atom stereocenters. The van der Waals surface area contributed by atoms with Crippen LogP contribution >= 0.6 is 0 Å². The first-order valence-corrected chi connectivity index (χ1v) is 6.30. The summed E-state index contributed by atoms with van der Waals surface area (Å²) in [5, 5.41) is 6.30. The molecular weight excluding hydrogens is 228 g/mol. The fourth-order valence-corrected chi connectivity index (χ4v) is 2.53. The zero-order valence-electron chi connectivity index (χ0n) is 11.0. The van der Waals surface area contributed by atoms with Crippen LogP contribution in [0.25, 0.3) is 0 Å². The van der Waals surface area contributed by atoms with Crippen molar-refractivity contribution in [2.24, 2.45) is 0 Å². The summed E-state index contributed by atoms with van der Waals surface area (Å²) in [6.07, 6.45) is 2.60. The Balaban J connectivity index is 2.44. The van der Waals surface area contributed by atoms with Gasteiger partial charge in [-0.25, -0.2) is 0 Å². The Hall–Kier alpha value is -1.55. The van der Waals surface area contributed by atoms with Crippen molar-refractivity contribution in [2.45, 2.75) is 18.3 Å². The lowest BCUT2D eigenvalue weighted by molar-refractivity contribution is -0.115. The lowest BCUT2D eigenvalue weighted by Crippen LogP contribution is -2.35. The van der Waals surface area contributed by atoms with E-state index in [0.717, 1.165) is 36.1 Å². The van der Waals surface area contributed by atoms with Gasteiger partial charge in [-0.3, -0.25) is 0 Å². The third-order valence-electron chi connectivity index (χ3n) is 3.72. The van der Waals surface area contributed by atoms with Gasteiger partial charge in [-0.1, -0.05) is 6.07 Å². The van der Waals surface area contributed by atoms with Crippen molar-refractivity contribution in [1.29, 1.82) is 0 Å². The van der Waals surface area contributed by atoms with Crippen LogP contribution in [0.4, 0.5) is 11.4 Å². The zero-order chi connectivity index (χ0) is 13.0. The summed E-state index contributed by atoms with van der Waals surface area (Å²) in [6.45, 7) is 1.30. The van der Waals surface area contributed by atoms with Gasteiger partial charge < -0.3 is 20.2 Å². The molecule has 2 rings (SSSR count). The van der Waals surface area contributed by atoms with Gasteiger partial charge in [0.15, 0.2) is 0 Å². The molecule has 98 valence electrons. The Labute approximate surface area is 108 Å². The smallest absolute Gasteiger partial charge is 0.130 e.